The van der Waals surface area contributed by atoms with Crippen molar-refractivity contribution in [3.05, 3.63) is 22.4 Å². The molecular formula is C13H24N2S. The predicted octanol–water partition coefficient (Wildman–Crippen LogP) is 2.74. The molecule has 1 aromatic rings. The van der Waals surface area contributed by atoms with E-state index in [0.717, 1.165) is 32.4 Å². The molecule has 2 N–H and O–H groups in total. The van der Waals surface area contributed by atoms with Gasteiger partial charge in [0.1, 0.15) is 0 Å². The number of thiophene rings is 1. The molecule has 92 valence electrons. The fourth-order valence-corrected chi connectivity index (χ4v) is 2.54. The Hall–Kier alpha value is -0.380. The average molecular weight is 240 g/mol. The third-order valence-electron chi connectivity index (χ3n) is 3.31. The highest BCUT2D eigenvalue weighted by molar-refractivity contribution is 7.09. The van der Waals surface area contributed by atoms with Crippen molar-refractivity contribution >= 4 is 11.3 Å². The quantitative estimate of drug-likeness (QED) is 0.794. The molecule has 2 nitrogen and oxygen atoms in total. The summed E-state index contributed by atoms with van der Waals surface area (Å²) in [4.78, 5) is 3.81. The number of likely N-dealkylation sites (N-methyl/N-ethyl adjacent to an activating group) is 1. The van der Waals surface area contributed by atoms with Crippen LogP contribution in [0.4, 0.5) is 0 Å². The molecule has 0 aromatic carbocycles. The predicted molar refractivity (Wildman–Crippen MR) is 73.0 cm³/mol. The van der Waals surface area contributed by atoms with Crippen LogP contribution in [-0.2, 0) is 6.42 Å². The lowest BCUT2D eigenvalue weighted by Gasteiger charge is -2.31. The summed E-state index contributed by atoms with van der Waals surface area (Å²) in [7, 11) is 2.17. The van der Waals surface area contributed by atoms with Gasteiger partial charge >= 0.3 is 0 Å². The largest absolute Gasteiger partial charge is 0.324 e. The van der Waals surface area contributed by atoms with E-state index in [1.807, 2.05) is 11.3 Å². The summed E-state index contributed by atoms with van der Waals surface area (Å²) in [5, 5.41) is 2.14. The van der Waals surface area contributed by atoms with Crippen molar-refractivity contribution in [3.63, 3.8) is 0 Å². The van der Waals surface area contributed by atoms with E-state index in [1.54, 1.807) is 0 Å². The first kappa shape index (κ1) is 13.7. The minimum absolute atomic E-state index is 0.00972. The smallest absolute Gasteiger partial charge is 0.0278 e. The molecule has 0 spiro atoms. The van der Waals surface area contributed by atoms with Crippen molar-refractivity contribution in [2.24, 2.45) is 5.73 Å². The molecule has 0 aliphatic heterocycles. The van der Waals surface area contributed by atoms with Crippen LogP contribution in [-0.4, -0.2) is 30.6 Å². The molecule has 0 amide bonds. The Morgan fingerprint density at radius 3 is 2.56 bits per heavy atom. The first-order valence-corrected chi connectivity index (χ1v) is 6.97. The fourth-order valence-electron chi connectivity index (χ4n) is 1.85. The van der Waals surface area contributed by atoms with Gasteiger partial charge in [0, 0.05) is 23.5 Å². The van der Waals surface area contributed by atoms with Crippen molar-refractivity contribution in [2.45, 2.75) is 38.6 Å². The first-order chi connectivity index (χ1) is 7.59. The third kappa shape index (κ3) is 4.24. The molecule has 0 atom stereocenters. The summed E-state index contributed by atoms with van der Waals surface area (Å²) < 4.78 is 0. The Kier molecular flexibility index (Phi) is 5.46. The highest BCUT2D eigenvalue weighted by Crippen LogP contribution is 2.14. The van der Waals surface area contributed by atoms with Gasteiger partial charge in [0.15, 0.2) is 0 Å². The lowest BCUT2D eigenvalue weighted by atomic mass is 9.94. The molecule has 0 radical (unpaired) electrons. The van der Waals surface area contributed by atoms with Crippen molar-refractivity contribution in [2.75, 3.05) is 20.1 Å². The second-order valence-corrected chi connectivity index (χ2v) is 5.67. The van der Waals surface area contributed by atoms with E-state index >= 15 is 0 Å². The van der Waals surface area contributed by atoms with Gasteiger partial charge in [-0.2, -0.15) is 0 Å². The van der Waals surface area contributed by atoms with Crippen molar-refractivity contribution in [3.8, 4) is 0 Å². The molecule has 3 heteroatoms. The van der Waals surface area contributed by atoms with Gasteiger partial charge in [0.2, 0.25) is 0 Å². The van der Waals surface area contributed by atoms with E-state index in [0.29, 0.717) is 0 Å². The SMILES string of the molecule is CCC(N)(CC)CN(C)CCc1cccs1. The van der Waals surface area contributed by atoms with Crippen LogP contribution in [0.3, 0.4) is 0 Å². The van der Waals surface area contributed by atoms with E-state index in [-0.39, 0.29) is 5.54 Å². The van der Waals surface area contributed by atoms with Crippen LogP contribution in [0.5, 0.6) is 0 Å². The van der Waals surface area contributed by atoms with Gasteiger partial charge in [-0.15, -0.1) is 11.3 Å². The molecule has 0 bridgehead atoms. The number of hydrogen-bond donors (Lipinski definition) is 1. The number of nitrogens with two attached hydrogens (primary N) is 1. The summed E-state index contributed by atoms with van der Waals surface area (Å²) in [6.07, 6.45) is 3.23. The molecule has 0 aliphatic rings. The summed E-state index contributed by atoms with van der Waals surface area (Å²) in [6.45, 7) is 6.44. The zero-order chi connectivity index (χ0) is 12.0. The van der Waals surface area contributed by atoms with Gasteiger partial charge in [0.25, 0.3) is 0 Å². The number of rotatable bonds is 7. The molecular weight excluding hydrogens is 216 g/mol. The van der Waals surface area contributed by atoms with Crippen LogP contribution in [0.15, 0.2) is 17.5 Å². The molecule has 0 saturated carbocycles. The van der Waals surface area contributed by atoms with Gasteiger partial charge in [-0.05, 0) is 37.8 Å². The summed E-state index contributed by atoms with van der Waals surface area (Å²) in [5.74, 6) is 0. The molecule has 1 aromatic heterocycles. The zero-order valence-corrected chi connectivity index (χ0v) is 11.5. The molecule has 0 unspecified atom stereocenters. The van der Waals surface area contributed by atoms with Crippen LogP contribution in [0.1, 0.15) is 31.6 Å². The van der Waals surface area contributed by atoms with Crippen LogP contribution >= 0.6 is 11.3 Å². The van der Waals surface area contributed by atoms with Crippen molar-refractivity contribution < 1.29 is 0 Å². The third-order valence-corrected chi connectivity index (χ3v) is 4.25. The standard InChI is InChI=1S/C13H24N2S/c1-4-13(14,5-2)11-15(3)9-8-12-7-6-10-16-12/h6-7,10H,4-5,8-9,11,14H2,1-3H3. The first-order valence-electron chi connectivity index (χ1n) is 6.09. The van der Waals surface area contributed by atoms with Crippen LogP contribution in [0, 0.1) is 0 Å². The molecule has 1 rings (SSSR count). The number of nitrogens with zero attached hydrogens (tertiary/aromatic N) is 1. The minimum Gasteiger partial charge on any atom is -0.324 e. The maximum absolute atomic E-state index is 6.31. The minimum atomic E-state index is -0.00972. The summed E-state index contributed by atoms with van der Waals surface area (Å²) in [6, 6.07) is 4.32. The topological polar surface area (TPSA) is 29.3 Å². The maximum atomic E-state index is 6.31. The van der Waals surface area contributed by atoms with Crippen molar-refractivity contribution in [1.29, 1.82) is 0 Å². The fraction of sp³-hybridized carbons (Fsp3) is 0.692. The highest BCUT2D eigenvalue weighted by atomic mass is 32.1. The van der Waals surface area contributed by atoms with Gasteiger partial charge in [-0.3, -0.25) is 0 Å². The van der Waals surface area contributed by atoms with E-state index in [9.17, 15) is 0 Å². The van der Waals surface area contributed by atoms with E-state index in [4.69, 9.17) is 5.73 Å². The average Bonchev–Trinajstić information content (AvgIpc) is 2.79. The Morgan fingerprint density at radius 1 is 1.38 bits per heavy atom. The van der Waals surface area contributed by atoms with E-state index < -0.39 is 0 Å². The molecule has 16 heavy (non-hydrogen) atoms. The lowest BCUT2D eigenvalue weighted by Crippen LogP contribution is -2.48. The molecule has 0 aliphatic carbocycles. The summed E-state index contributed by atoms with van der Waals surface area (Å²) >= 11 is 1.84. The van der Waals surface area contributed by atoms with Gasteiger partial charge in [-0.1, -0.05) is 19.9 Å². The van der Waals surface area contributed by atoms with Crippen molar-refractivity contribution in [1.82, 2.24) is 4.90 Å². The monoisotopic (exact) mass is 240 g/mol. The second kappa shape index (κ2) is 6.38. The molecule has 0 saturated heterocycles. The molecule has 0 fully saturated rings. The van der Waals surface area contributed by atoms with Crippen LogP contribution in [0.25, 0.3) is 0 Å². The zero-order valence-electron chi connectivity index (χ0n) is 10.7. The van der Waals surface area contributed by atoms with Gasteiger partial charge in [0.05, 0.1) is 0 Å². The normalized spacial score (nSPS) is 12.3. The second-order valence-electron chi connectivity index (χ2n) is 4.64. The van der Waals surface area contributed by atoms with Crippen LogP contribution < -0.4 is 5.73 Å². The van der Waals surface area contributed by atoms with Gasteiger partial charge in [-0.25, -0.2) is 0 Å². The Bertz CT molecular complexity index is 278. The van der Waals surface area contributed by atoms with Gasteiger partial charge < -0.3 is 10.6 Å². The molecule has 1 heterocycles. The van der Waals surface area contributed by atoms with E-state index in [2.05, 4.69) is 43.3 Å². The lowest BCUT2D eigenvalue weighted by molar-refractivity contribution is 0.236. The highest BCUT2D eigenvalue weighted by Gasteiger charge is 2.21. The maximum Gasteiger partial charge on any atom is 0.0278 e. The Balaban J connectivity index is 2.32. The number of hydrogen-bond acceptors (Lipinski definition) is 3. The van der Waals surface area contributed by atoms with Crippen LogP contribution in [0.2, 0.25) is 0 Å². The van der Waals surface area contributed by atoms with E-state index in [1.165, 1.54) is 4.88 Å². The summed E-state index contributed by atoms with van der Waals surface area (Å²) in [5.41, 5.74) is 6.30. The Labute approximate surface area is 103 Å². The Morgan fingerprint density at radius 2 is 2.06 bits per heavy atom.